The Morgan fingerprint density at radius 2 is 1.35 bits per heavy atom. The lowest BCUT2D eigenvalue weighted by Gasteiger charge is -2.18. The third-order valence-corrected chi connectivity index (χ3v) is 2.96. The van der Waals surface area contributed by atoms with E-state index in [1.165, 1.54) is 6.92 Å². The molecule has 1 aromatic rings. The molecule has 20 heavy (non-hydrogen) atoms. The summed E-state index contributed by atoms with van der Waals surface area (Å²) in [6.45, 7) is 4.25. The normalized spacial score (nSPS) is 14.0. The fourth-order valence-corrected chi connectivity index (χ4v) is 1.49. The first-order valence-electron chi connectivity index (χ1n) is 5.94. The Morgan fingerprint density at radius 3 is 1.75 bits per heavy atom. The van der Waals surface area contributed by atoms with Gasteiger partial charge in [0, 0.05) is 0 Å². The molecule has 0 fully saturated rings. The Morgan fingerprint density at radius 1 is 0.950 bits per heavy atom. The van der Waals surface area contributed by atoms with Crippen LogP contribution in [0.1, 0.15) is 38.9 Å². The van der Waals surface area contributed by atoms with Crippen molar-refractivity contribution in [3.8, 4) is 0 Å². The number of carbonyl (C=O) groups is 1. The van der Waals surface area contributed by atoms with Crippen molar-refractivity contribution in [2.45, 2.75) is 33.3 Å². The van der Waals surface area contributed by atoms with Gasteiger partial charge >= 0.3 is 5.97 Å². The SMILES string of the molecule is CCC(C)C(=O)OC(C)c1c(F)c(F)c(F)c(F)c1F. The minimum absolute atomic E-state index is 0.419. The Balaban J connectivity index is 3.17. The van der Waals surface area contributed by atoms with Crippen molar-refractivity contribution < 1.29 is 31.5 Å². The summed E-state index contributed by atoms with van der Waals surface area (Å²) in [5, 5.41) is 0. The zero-order valence-electron chi connectivity index (χ0n) is 11.1. The van der Waals surface area contributed by atoms with Crippen LogP contribution in [0.25, 0.3) is 0 Å². The van der Waals surface area contributed by atoms with Crippen LogP contribution in [0.4, 0.5) is 22.0 Å². The molecule has 0 heterocycles. The maximum Gasteiger partial charge on any atom is 0.309 e. The van der Waals surface area contributed by atoms with E-state index >= 15 is 0 Å². The fraction of sp³-hybridized carbons (Fsp3) is 0.462. The van der Waals surface area contributed by atoms with Gasteiger partial charge in [0.15, 0.2) is 23.3 Å². The van der Waals surface area contributed by atoms with Crippen LogP contribution in [0.5, 0.6) is 0 Å². The molecular formula is C13H13F5O2. The van der Waals surface area contributed by atoms with Crippen LogP contribution in [-0.4, -0.2) is 5.97 Å². The third kappa shape index (κ3) is 2.91. The minimum Gasteiger partial charge on any atom is -0.457 e. The molecule has 0 amide bonds. The van der Waals surface area contributed by atoms with Crippen LogP contribution >= 0.6 is 0 Å². The van der Waals surface area contributed by atoms with Gasteiger partial charge in [0.05, 0.1) is 11.5 Å². The van der Waals surface area contributed by atoms with Crippen molar-refractivity contribution in [3.05, 3.63) is 34.6 Å². The van der Waals surface area contributed by atoms with Crippen LogP contribution < -0.4 is 0 Å². The maximum atomic E-state index is 13.5. The van der Waals surface area contributed by atoms with Gasteiger partial charge in [0.2, 0.25) is 5.82 Å². The number of rotatable bonds is 4. The highest BCUT2D eigenvalue weighted by molar-refractivity contribution is 5.72. The molecule has 0 saturated carbocycles. The minimum atomic E-state index is -2.25. The monoisotopic (exact) mass is 296 g/mol. The molecule has 0 aromatic heterocycles. The molecule has 0 bridgehead atoms. The van der Waals surface area contributed by atoms with Crippen molar-refractivity contribution in [1.82, 2.24) is 0 Å². The second kappa shape index (κ2) is 6.19. The van der Waals surface area contributed by atoms with Gasteiger partial charge < -0.3 is 4.74 Å². The van der Waals surface area contributed by atoms with Crippen molar-refractivity contribution in [3.63, 3.8) is 0 Å². The first kappa shape index (κ1) is 16.4. The van der Waals surface area contributed by atoms with Gasteiger partial charge in [-0.05, 0) is 13.3 Å². The van der Waals surface area contributed by atoms with E-state index < -0.39 is 52.6 Å². The quantitative estimate of drug-likeness (QED) is 0.363. The van der Waals surface area contributed by atoms with Gasteiger partial charge in [-0.25, -0.2) is 22.0 Å². The second-order valence-corrected chi connectivity index (χ2v) is 4.37. The molecule has 0 radical (unpaired) electrons. The summed E-state index contributed by atoms with van der Waals surface area (Å²) in [5.41, 5.74) is -1.15. The predicted molar refractivity (Wildman–Crippen MR) is 60.2 cm³/mol. The molecule has 0 spiro atoms. The standard InChI is InChI=1S/C13H13F5O2/c1-4-5(2)13(19)20-6(3)7-8(14)10(16)12(18)11(17)9(7)15/h5-6H,4H2,1-3H3. The first-order valence-corrected chi connectivity index (χ1v) is 5.94. The van der Waals surface area contributed by atoms with Gasteiger partial charge in [-0.2, -0.15) is 0 Å². The number of carbonyl (C=O) groups excluding carboxylic acids is 1. The summed E-state index contributed by atoms with van der Waals surface area (Å²) in [7, 11) is 0. The number of hydrogen-bond donors (Lipinski definition) is 0. The molecule has 7 heteroatoms. The Hall–Kier alpha value is -1.66. The lowest BCUT2D eigenvalue weighted by atomic mass is 10.1. The highest BCUT2D eigenvalue weighted by atomic mass is 19.2. The molecule has 112 valence electrons. The van der Waals surface area contributed by atoms with Crippen LogP contribution in [0.15, 0.2) is 0 Å². The zero-order valence-corrected chi connectivity index (χ0v) is 11.1. The van der Waals surface area contributed by atoms with E-state index in [2.05, 4.69) is 0 Å². The molecule has 0 N–H and O–H groups in total. The zero-order chi connectivity index (χ0) is 15.6. The van der Waals surface area contributed by atoms with Gasteiger partial charge in [0.25, 0.3) is 0 Å². The van der Waals surface area contributed by atoms with E-state index in [9.17, 15) is 26.7 Å². The first-order chi connectivity index (χ1) is 9.22. The smallest absolute Gasteiger partial charge is 0.309 e. The van der Waals surface area contributed by atoms with E-state index in [1.54, 1.807) is 6.92 Å². The van der Waals surface area contributed by atoms with Gasteiger partial charge in [0.1, 0.15) is 6.10 Å². The molecule has 1 aromatic carbocycles. The lowest BCUT2D eigenvalue weighted by molar-refractivity contribution is -0.153. The van der Waals surface area contributed by atoms with Gasteiger partial charge in [-0.1, -0.05) is 13.8 Å². The van der Waals surface area contributed by atoms with Crippen LogP contribution in [0.2, 0.25) is 0 Å². The molecule has 2 nitrogen and oxygen atoms in total. The number of esters is 1. The molecule has 0 saturated heterocycles. The lowest BCUT2D eigenvalue weighted by Crippen LogP contribution is -2.19. The van der Waals surface area contributed by atoms with E-state index in [0.29, 0.717) is 6.42 Å². The summed E-state index contributed by atoms with van der Waals surface area (Å²) in [6.07, 6.45) is -1.16. The van der Waals surface area contributed by atoms with Crippen LogP contribution in [0, 0.1) is 35.0 Å². The molecule has 1 rings (SSSR count). The number of halogens is 5. The molecule has 0 aliphatic carbocycles. The molecule has 2 unspecified atom stereocenters. The topological polar surface area (TPSA) is 26.3 Å². The fourth-order valence-electron chi connectivity index (χ4n) is 1.49. The highest BCUT2D eigenvalue weighted by Crippen LogP contribution is 2.30. The number of benzene rings is 1. The Kier molecular flexibility index (Phi) is 5.08. The number of ether oxygens (including phenoxy) is 1. The molecule has 0 aliphatic heterocycles. The Labute approximate surface area is 112 Å². The summed E-state index contributed by atoms with van der Waals surface area (Å²) in [5.74, 6) is -11.7. The Bertz CT molecular complexity index is 501. The molecule has 0 aliphatic rings. The van der Waals surface area contributed by atoms with Gasteiger partial charge in [-0.15, -0.1) is 0 Å². The van der Waals surface area contributed by atoms with E-state index in [1.807, 2.05) is 0 Å². The predicted octanol–water partition coefficient (Wildman–Crippen LogP) is 4.03. The third-order valence-electron chi connectivity index (χ3n) is 2.96. The summed E-state index contributed by atoms with van der Waals surface area (Å²) in [4.78, 5) is 11.5. The van der Waals surface area contributed by atoms with Gasteiger partial charge in [-0.3, -0.25) is 4.79 Å². The van der Waals surface area contributed by atoms with E-state index in [-0.39, 0.29) is 0 Å². The molecule has 2 atom stereocenters. The molecular weight excluding hydrogens is 283 g/mol. The second-order valence-electron chi connectivity index (χ2n) is 4.37. The van der Waals surface area contributed by atoms with Crippen molar-refractivity contribution in [1.29, 1.82) is 0 Å². The van der Waals surface area contributed by atoms with Crippen molar-refractivity contribution in [2.75, 3.05) is 0 Å². The van der Waals surface area contributed by atoms with E-state index in [0.717, 1.165) is 6.92 Å². The average Bonchev–Trinajstić information content (AvgIpc) is 2.42. The summed E-state index contributed by atoms with van der Waals surface area (Å²) < 4.78 is 70.6. The van der Waals surface area contributed by atoms with Crippen LogP contribution in [-0.2, 0) is 9.53 Å². The summed E-state index contributed by atoms with van der Waals surface area (Å²) in [6, 6.07) is 0. The largest absolute Gasteiger partial charge is 0.457 e. The summed E-state index contributed by atoms with van der Waals surface area (Å²) >= 11 is 0. The van der Waals surface area contributed by atoms with E-state index in [4.69, 9.17) is 4.74 Å². The average molecular weight is 296 g/mol. The van der Waals surface area contributed by atoms with Crippen molar-refractivity contribution >= 4 is 5.97 Å². The van der Waals surface area contributed by atoms with Crippen LogP contribution in [0.3, 0.4) is 0 Å². The maximum absolute atomic E-state index is 13.5. The highest BCUT2D eigenvalue weighted by Gasteiger charge is 2.30. The van der Waals surface area contributed by atoms with Crippen molar-refractivity contribution in [2.24, 2.45) is 5.92 Å². The number of hydrogen-bond acceptors (Lipinski definition) is 2.